The summed E-state index contributed by atoms with van der Waals surface area (Å²) < 4.78 is 5.49. The summed E-state index contributed by atoms with van der Waals surface area (Å²) in [4.78, 5) is 53.8. The van der Waals surface area contributed by atoms with Gasteiger partial charge in [0.15, 0.2) is 0 Å². The van der Waals surface area contributed by atoms with E-state index >= 15 is 0 Å². The van der Waals surface area contributed by atoms with Crippen LogP contribution in [0.1, 0.15) is 24.9 Å². The molecule has 0 N–H and O–H groups in total. The molecule has 3 fully saturated rings. The number of nitro benzene ring substituents is 1. The number of hydrogen-bond donors (Lipinski definition) is 0. The van der Waals surface area contributed by atoms with E-state index in [2.05, 4.69) is 0 Å². The standard InChI is InChI=1S/C26H23N3O6/c1-2-35-19-11-9-17(10-12-19)27-22(14-5-7-18(8-6-14)29(33)34)23(26(27)32)28-24(30)20-15-3-4-16(13-15)21(20)25(28)31/h3-12,15-16,20-23H,2,13H2,1H3/t15-,16+,20-,21+,22-,23-/m1/s1. The van der Waals surface area contributed by atoms with Gasteiger partial charge in [0.1, 0.15) is 11.8 Å². The molecule has 178 valence electrons. The van der Waals surface area contributed by atoms with Crippen LogP contribution >= 0.6 is 0 Å². The number of non-ortho nitro benzene ring substituents is 1. The number of carbonyl (C=O) groups excluding carboxylic acids is 3. The number of ether oxygens (including phenoxy) is 1. The zero-order valence-electron chi connectivity index (χ0n) is 18.9. The number of nitro groups is 1. The molecule has 6 atom stereocenters. The molecule has 2 saturated heterocycles. The minimum absolute atomic E-state index is 0.0432. The lowest BCUT2D eigenvalue weighted by atomic mass is 9.85. The van der Waals surface area contributed by atoms with E-state index in [1.54, 1.807) is 41.3 Å². The van der Waals surface area contributed by atoms with Crippen LogP contribution in [0.25, 0.3) is 0 Å². The van der Waals surface area contributed by atoms with Crippen LogP contribution in [0.15, 0.2) is 60.7 Å². The monoisotopic (exact) mass is 473 g/mol. The first-order chi connectivity index (χ1) is 16.9. The van der Waals surface area contributed by atoms with E-state index in [4.69, 9.17) is 4.74 Å². The molecular weight excluding hydrogens is 450 g/mol. The maximum absolute atomic E-state index is 13.5. The average Bonchev–Trinajstić information content (AvgIpc) is 3.54. The number of allylic oxidation sites excluding steroid dienone is 2. The lowest BCUT2D eigenvalue weighted by Crippen LogP contribution is -2.67. The van der Waals surface area contributed by atoms with Gasteiger partial charge in [-0.3, -0.25) is 29.4 Å². The Balaban J connectivity index is 1.37. The van der Waals surface area contributed by atoms with Crippen molar-refractivity contribution in [2.75, 3.05) is 11.5 Å². The minimum atomic E-state index is -0.979. The van der Waals surface area contributed by atoms with Crippen molar-refractivity contribution in [1.82, 2.24) is 4.90 Å². The Morgan fingerprint density at radius 1 is 0.857 bits per heavy atom. The molecule has 2 bridgehead atoms. The van der Waals surface area contributed by atoms with Crippen LogP contribution in [0, 0.1) is 33.8 Å². The van der Waals surface area contributed by atoms with Gasteiger partial charge in [-0.15, -0.1) is 0 Å². The van der Waals surface area contributed by atoms with Crippen LogP contribution in [-0.4, -0.2) is 40.2 Å². The normalized spacial score (nSPS) is 30.6. The molecule has 0 aromatic heterocycles. The summed E-state index contributed by atoms with van der Waals surface area (Å²) in [5, 5.41) is 11.2. The fourth-order valence-corrected chi connectivity index (χ4v) is 6.21. The smallest absolute Gasteiger partial charge is 0.269 e. The number of anilines is 1. The van der Waals surface area contributed by atoms with E-state index in [0.29, 0.717) is 23.6 Å². The van der Waals surface area contributed by atoms with Crippen molar-refractivity contribution < 1.29 is 24.0 Å². The Morgan fingerprint density at radius 2 is 1.46 bits per heavy atom. The van der Waals surface area contributed by atoms with Crippen LogP contribution in [-0.2, 0) is 14.4 Å². The molecule has 0 radical (unpaired) electrons. The fraction of sp³-hybridized carbons (Fsp3) is 0.346. The predicted octanol–water partition coefficient (Wildman–Crippen LogP) is 3.26. The highest BCUT2D eigenvalue weighted by Crippen LogP contribution is 2.55. The maximum Gasteiger partial charge on any atom is 0.269 e. The number of β-lactam (4-membered cyclic amide) rings is 1. The van der Waals surface area contributed by atoms with Crippen molar-refractivity contribution in [1.29, 1.82) is 0 Å². The number of nitrogens with zero attached hydrogens (tertiary/aromatic N) is 3. The Hall–Kier alpha value is -4.01. The number of benzene rings is 2. The molecule has 2 aromatic carbocycles. The van der Waals surface area contributed by atoms with Gasteiger partial charge in [0.05, 0.1) is 29.4 Å². The molecule has 35 heavy (non-hydrogen) atoms. The molecule has 0 unspecified atom stereocenters. The van der Waals surface area contributed by atoms with Gasteiger partial charge in [-0.1, -0.05) is 24.3 Å². The highest BCUT2D eigenvalue weighted by atomic mass is 16.6. The van der Waals surface area contributed by atoms with Gasteiger partial charge in [0.2, 0.25) is 11.8 Å². The zero-order chi connectivity index (χ0) is 24.4. The first-order valence-electron chi connectivity index (χ1n) is 11.8. The Labute approximate surface area is 201 Å². The van der Waals surface area contributed by atoms with E-state index in [0.717, 1.165) is 6.42 Å². The van der Waals surface area contributed by atoms with E-state index in [1.165, 1.54) is 17.0 Å². The molecule has 3 amide bonds. The molecule has 2 aromatic rings. The number of rotatable bonds is 6. The molecule has 9 heteroatoms. The SMILES string of the molecule is CCOc1ccc(N2C(=O)[C@H](N3C(=O)[C@@H]4[C@H](C3=O)[C@@H]3C=C[C@H]4C3)[C@H]2c2ccc([N+](=O)[O-])cc2)cc1. The molecule has 2 heterocycles. The Kier molecular flexibility index (Phi) is 4.77. The van der Waals surface area contributed by atoms with Gasteiger partial charge >= 0.3 is 0 Å². The van der Waals surface area contributed by atoms with Crippen LogP contribution < -0.4 is 9.64 Å². The second kappa shape index (κ2) is 7.76. The van der Waals surface area contributed by atoms with Gasteiger partial charge in [-0.05, 0) is 55.0 Å². The summed E-state index contributed by atoms with van der Waals surface area (Å²) >= 11 is 0. The number of carbonyl (C=O) groups is 3. The molecular formula is C26H23N3O6. The molecule has 1 saturated carbocycles. The van der Waals surface area contributed by atoms with Gasteiger partial charge in [0, 0.05) is 17.8 Å². The first-order valence-corrected chi connectivity index (χ1v) is 11.8. The molecule has 6 rings (SSSR count). The fourth-order valence-electron chi connectivity index (χ4n) is 6.21. The maximum atomic E-state index is 13.5. The second-order valence-corrected chi connectivity index (χ2v) is 9.42. The lowest BCUT2D eigenvalue weighted by molar-refractivity contribution is -0.384. The Bertz CT molecular complexity index is 1240. The van der Waals surface area contributed by atoms with Gasteiger partial charge in [-0.25, -0.2) is 0 Å². The minimum Gasteiger partial charge on any atom is -0.494 e. The topological polar surface area (TPSA) is 110 Å². The van der Waals surface area contributed by atoms with Crippen molar-refractivity contribution in [3.63, 3.8) is 0 Å². The summed E-state index contributed by atoms with van der Waals surface area (Å²) in [5.74, 6) is -0.970. The Morgan fingerprint density at radius 3 is 2.00 bits per heavy atom. The number of likely N-dealkylation sites (tertiary alicyclic amines) is 1. The molecule has 2 aliphatic heterocycles. The van der Waals surface area contributed by atoms with E-state index in [9.17, 15) is 24.5 Å². The summed E-state index contributed by atoms with van der Waals surface area (Å²) in [5.41, 5.74) is 1.14. The van der Waals surface area contributed by atoms with Gasteiger partial charge < -0.3 is 9.64 Å². The first kappa shape index (κ1) is 21.5. The summed E-state index contributed by atoms with van der Waals surface area (Å²) in [6.07, 6.45) is 4.84. The number of imide groups is 1. The lowest BCUT2D eigenvalue weighted by Gasteiger charge is -2.50. The van der Waals surface area contributed by atoms with Crippen LogP contribution in [0.5, 0.6) is 5.75 Å². The van der Waals surface area contributed by atoms with Crippen LogP contribution in [0.3, 0.4) is 0 Å². The molecule has 9 nitrogen and oxygen atoms in total. The van der Waals surface area contributed by atoms with Crippen molar-refractivity contribution >= 4 is 29.1 Å². The molecule has 0 spiro atoms. The van der Waals surface area contributed by atoms with Crippen molar-refractivity contribution in [3.8, 4) is 5.75 Å². The second-order valence-electron chi connectivity index (χ2n) is 9.42. The van der Waals surface area contributed by atoms with E-state index < -0.39 is 28.8 Å². The van der Waals surface area contributed by atoms with Crippen LogP contribution in [0.4, 0.5) is 11.4 Å². The molecule has 2 aliphatic carbocycles. The molecule has 4 aliphatic rings. The third-order valence-corrected chi connectivity index (χ3v) is 7.72. The third kappa shape index (κ3) is 3.03. The summed E-state index contributed by atoms with van der Waals surface area (Å²) in [6, 6.07) is 11.3. The van der Waals surface area contributed by atoms with Crippen molar-refractivity contribution in [2.24, 2.45) is 23.7 Å². The van der Waals surface area contributed by atoms with Crippen LogP contribution in [0.2, 0.25) is 0 Å². The highest BCUT2D eigenvalue weighted by molar-refractivity contribution is 6.15. The predicted molar refractivity (Wildman–Crippen MR) is 124 cm³/mol. The summed E-state index contributed by atoms with van der Waals surface area (Å²) in [7, 11) is 0. The highest BCUT2D eigenvalue weighted by Gasteiger charge is 2.65. The van der Waals surface area contributed by atoms with Crippen molar-refractivity contribution in [3.05, 3.63) is 76.4 Å². The number of hydrogen-bond acceptors (Lipinski definition) is 6. The third-order valence-electron chi connectivity index (χ3n) is 7.72. The largest absolute Gasteiger partial charge is 0.494 e. The zero-order valence-corrected chi connectivity index (χ0v) is 18.9. The number of fused-ring (bicyclic) bond motifs is 5. The summed E-state index contributed by atoms with van der Waals surface area (Å²) in [6.45, 7) is 2.39. The van der Waals surface area contributed by atoms with E-state index in [1.807, 2.05) is 19.1 Å². The quantitative estimate of drug-likeness (QED) is 0.209. The van der Waals surface area contributed by atoms with E-state index in [-0.39, 0.29) is 35.2 Å². The van der Waals surface area contributed by atoms with Gasteiger partial charge in [0.25, 0.3) is 11.6 Å². The number of amides is 3. The average molecular weight is 473 g/mol. The van der Waals surface area contributed by atoms with Gasteiger partial charge in [-0.2, -0.15) is 0 Å². The van der Waals surface area contributed by atoms with Crippen molar-refractivity contribution in [2.45, 2.75) is 25.4 Å².